The summed E-state index contributed by atoms with van der Waals surface area (Å²) in [7, 11) is -4.74. The summed E-state index contributed by atoms with van der Waals surface area (Å²) in [6, 6.07) is 0. The minimum Gasteiger partial charge on any atom is -0.262 e. The summed E-state index contributed by atoms with van der Waals surface area (Å²) in [4.78, 5) is 11.0. The summed E-state index contributed by atoms with van der Waals surface area (Å²) in [5, 5.41) is 4.47. The Morgan fingerprint density at radius 2 is 2.00 bits per heavy atom. The minimum atomic E-state index is -4.74. The van der Waals surface area contributed by atoms with Crippen LogP contribution in [0.4, 0.5) is 3.89 Å². The summed E-state index contributed by atoms with van der Waals surface area (Å²) in [5.41, 5.74) is 3.25. The highest BCUT2D eigenvalue weighted by Gasteiger charge is 2.16. The van der Waals surface area contributed by atoms with E-state index in [9.17, 15) is 12.3 Å². The van der Waals surface area contributed by atoms with Crippen LogP contribution in [0.1, 0.15) is 5.82 Å². The van der Waals surface area contributed by atoms with Gasteiger partial charge >= 0.3 is 10.2 Å². The zero-order valence-electron chi connectivity index (χ0n) is 5.98. The van der Waals surface area contributed by atoms with Crippen molar-refractivity contribution in [3.63, 3.8) is 0 Å². The molecule has 0 aromatic carbocycles. The molecule has 0 atom stereocenters. The lowest BCUT2D eigenvalue weighted by molar-refractivity contribution is -0.142. The molecule has 0 radical (unpaired) electrons. The molecule has 0 aliphatic heterocycles. The molecule has 1 aromatic heterocycles. The van der Waals surface area contributed by atoms with Crippen molar-refractivity contribution in [3.8, 4) is 0 Å². The van der Waals surface area contributed by atoms with E-state index in [-0.39, 0.29) is 5.82 Å². The molecule has 0 amide bonds. The van der Waals surface area contributed by atoms with Gasteiger partial charge in [0.05, 0.1) is 0 Å². The lowest BCUT2D eigenvalue weighted by atomic mass is 10.8. The van der Waals surface area contributed by atoms with Crippen molar-refractivity contribution in [2.75, 3.05) is 0 Å². The number of aromatic amines is 1. The molecule has 9 heteroatoms. The Balaban J connectivity index is 0.000000561. The maximum absolute atomic E-state index is 12.0. The summed E-state index contributed by atoms with van der Waals surface area (Å²) >= 11 is 0. The Morgan fingerprint density at radius 1 is 1.50 bits per heavy atom. The highest BCUT2D eigenvalue weighted by molar-refractivity contribution is 7.86. The second-order valence-electron chi connectivity index (χ2n) is 1.64. The second kappa shape index (κ2) is 3.85. The maximum atomic E-state index is 12.0. The highest BCUT2D eigenvalue weighted by Crippen LogP contribution is 2.03. The van der Waals surface area contributed by atoms with Gasteiger partial charge in [0.2, 0.25) is 0 Å². The van der Waals surface area contributed by atoms with Crippen LogP contribution in [0.2, 0.25) is 0 Å². The molecule has 12 heavy (non-hydrogen) atoms. The quantitative estimate of drug-likeness (QED) is 0.519. The van der Waals surface area contributed by atoms with Crippen LogP contribution < -0.4 is 5.59 Å². The fourth-order valence-corrected chi connectivity index (χ4v) is 0.832. The van der Waals surface area contributed by atoms with E-state index in [2.05, 4.69) is 20.8 Å². The minimum absolute atomic E-state index is 0.260. The van der Waals surface area contributed by atoms with Crippen LogP contribution in [-0.4, -0.2) is 23.6 Å². The average Bonchev–Trinajstić information content (AvgIpc) is 2.39. The van der Waals surface area contributed by atoms with E-state index in [1.807, 2.05) is 0 Å². The molecule has 0 unspecified atom stereocenters. The molecule has 68 valence electrons. The lowest BCUT2D eigenvalue weighted by Gasteiger charge is -1.78. The number of nitrogens with one attached hydrogen (secondary N) is 1. The molecule has 0 saturated carbocycles. The third-order valence-corrected chi connectivity index (χ3v) is 1.41. The van der Waals surface area contributed by atoms with Gasteiger partial charge in [-0.2, -0.15) is 8.42 Å². The number of H-pyrrole nitrogens is 1. The van der Waals surface area contributed by atoms with Crippen molar-refractivity contribution >= 4 is 10.2 Å². The third kappa shape index (κ3) is 2.70. The number of aromatic nitrogens is 3. The lowest BCUT2D eigenvalue weighted by Crippen LogP contribution is -2.18. The summed E-state index contributed by atoms with van der Waals surface area (Å²) in [6.07, 6.45) is 0. The number of nitroso groups, excluding NO2 is 1. The van der Waals surface area contributed by atoms with Gasteiger partial charge in [-0.3, -0.25) is 5.10 Å². The monoisotopic (exact) mass is 197 g/mol. The van der Waals surface area contributed by atoms with E-state index in [0.29, 0.717) is 0 Å². The molecule has 0 fully saturated rings. The predicted molar refractivity (Wildman–Crippen MR) is 34.7 cm³/mol. The molecule has 1 heterocycles. The fourth-order valence-electron chi connectivity index (χ4n) is 0.431. The Hall–Kier alpha value is -1.38. The van der Waals surface area contributed by atoms with Crippen LogP contribution in [0.15, 0.2) is 5.16 Å². The smallest absolute Gasteiger partial charge is 0.262 e. The molecule has 0 bridgehead atoms. The van der Waals surface area contributed by atoms with E-state index in [4.69, 9.17) is 4.91 Å². The zero-order valence-corrected chi connectivity index (χ0v) is 6.80. The molecule has 0 aliphatic rings. The molecular formula is C3H6FN4O3S+. The van der Waals surface area contributed by atoms with Gasteiger partial charge < -0.3 is 0 Å². The van der Waals surface area contributed by atoms with Crippen molar-refractivity contribution in [2.45, 2.75) is 12.1 Å². The molecule has 0 aliphatic carbocycles. The molecule has 3 N–H and O–H groups in total. The number of aryl methyl sites for hydroxylation is 1. The first-order chi connectivity index (χ1) is 5.50. The van der Waals surface area contributed by atoms with Gasteiger partial charge in [-0.05, 0) is 12.5 Å². The van der Waals surface area contributed by atoms with Crippen molar-refractivity contribution in [1.82, 2.24) is 15.2 Å². The first-order valence-electron chi connectivity index (χ1n) is 2.57. The van der Waals surface area contributed by atoms with Crippen LogP contribution in [-0.2, 0) is 10.2 Å². The number of rotatable bonds is 1. The van der Waals surface area contributed by atoms with E-state index in [0.717, 1.165) is 0 Å². The maximum Gasteiger partial charge on any atom is 0.369 e. The molecule has 1 aromatic rings. The molecular weight excluding hydrogens is 191 g/mol. The number of halogens is 1. The Labute approximate surface area is 67.0 Å². The van der Waals surface area contributed by atoms with Crippen LogP contribution >= 0.6 is 0 Å². The van der Waals surface area contributed by atoms with Crippen molar-refractivity contribution in [3.05, 3.63) is 10.7 Å². The number of hydrogen-bond acceptors (Lipinski definition) is 5. The largest absolute Gasteiger partial charge is 0.369 e. The van der Waals surface area contributed by atoms with Gasteiger partial charge in [0.15, 0.2) is 0 Å². The van der Waals surface area contributed by atoms with Gasteiger partial charge in [-0.25, -0.2) is 4.98 Å². The molecule has 0 saturated heterocycles. The van der Waals surface area contributed by atoms with Crippen molar-refractivity contribution < 1.29 is 17.9 Å². The summed E-state index contributed by atoms with van der Waals surface area (Å²) < 4.78 is 32.0. The first kappa shape index (κ1) is 10.6. The van der Waals surface area contributed by atoms with Crippen molar-refractivity contribution in [2.24, 2.45) is 0 Å². The molecule has 0 spiro atoms. The third-order valence-electron chi connectivity index (χ3n) is 0.795. The van der Waals surface area contributed by atoms with E-state index in [1.165, 1.54) is 6.92 Å². The summed E-state index contributed by atoms with van der Waals surface area (Å²) in [6.45, 7) is 1.47. The number of nitrogens with zero attached hydrogens (tertiary/aromatic N) is 2. The van der Waals surface area contributed by atoms with Crippen molar-refractivity contribution in [1.29, 1.82) is 0 Å². The fraction of sp³-hybridized carbons (Fsp3) is 0.333. The normalized spacial score (nSPS) is 10.2. The Morgan fingerprint density at radius 3 is 2.17 bits per heavy atom. The van der Waals surface area contributed by atoms with Gasteiger partial charge in [-0.1, -0.05) is 3.89 Å². The van der Waals surface area contributed by atoms with E-state index in [1.54, 1.807) is 0 Å². The summed E-state index contributed by atoms with van der Waals surface area (Å²) in [5.74, 6) is 0.260. The van der Waals surface area contributed by atoms with Gasteiger partial charge in [-0.15, -0.1) is 5.10 Å². The average molecular weight is 197 g/mol. The van der Waals surface area contributed by atoms with Crippen LogP contribution in [0, 0.1) is 11.8 Å². The second-order valence-corrected chi connectivity index (χ2v) is 2.88. The first-order valence-corrected chi connectivity index (χ1v) is 3.96. The number of nitrogens with two attached hydrogens (primary N) is 1. The molecule has 7 nitrogen and oxygen atoms in total. The van der Waals surface area contributed by atoms with E-state index < -0.39 is 15.4 Å². The van der Waals surface area contributed by atoms with Gasteiger partial charge in [0.25, 0.3) is 5.16 Å². The van der Waals surface area contributed by atoms with Crippen LogP contribution in [0.3, 0.4) is 0 Å². The van der Waals surface area contributed by atoms with Gasteiger partial charge in [0.1, 0.15) is 5.82 Å². The number of hydrogen-bond donors (Lipinski definition) is 2. The van der Waals surface area contributed by atoms with Crippen LogP contribution in [0.25, 0.3) is 0 Å². The van der Waals surface area contributed by atoms with Gasteiger partial charge in [0, 0.05) is 4.91 Å². The highest BCUT2D eigenvalue weighted by atomic mass is 32.3. The SMILES string of the molecule is Cc1nc(S(=O)(=O)F)n[nH]1.[NH2+]=O. The Kier molecular flexibility index (Phi) is 3.41. The van der Waals surface area contributed by atoms with E-state index >= 15 is 0 Å². The topological polar surface area (TPSA) is 118 Å². The molecule has 1 rings (SSSR count). The zero-order chi connectivity index (χ0) is 9.78. The Bertz CT molecular complexity index is 346. The standard InChI is InChI=1S/C3H4FN3O2S.H2NO/c1-2-5-3(7-6-2)10(4,8)9;1-2/h1H3,(H,5,6,7);1H2/q;+1. The van der Waals surface area contributed by atoms with Crippen LogP contribution in [0.5, 0.6) is 0 Å². The predicted octanol–water partition coefficient (Wildman–Crippen LogP) is -1.72.